The average molecular weight is 286 g/mol. The third kappa shape index (κ3) is 2.98. The van der Waals surface area contributed by atoms with E-state index in [1.165, 1.54) is 0 Å². The monoisotopic (exact) mass is 285 g/mol. The summed E-state index contributed by atoms with van der Waals surface area (Å²) in [7, 11) is 0. The Bertz CT molecular complexity index is 351. The summed E-state index contributed by atoms with van der Waals surface area (Å²) >= 11 is 3.36. The zero-order valence-corrected chi connectivity index (χ0v) is 11.1. The van der Waals surface area contributed by atoms with Gasteiger partial charge in [0.05, 0.1) is 0 Å². The number of anilines is 1. The molecule has 16 heavy (non-hydrogen) atoms. The van der Waals surface area contributed by atoms with E-state index in [0.29, 0.717) is 13.0 Å². The molecule has 1 rings (SSSR count). The molecular formula is C12H16BrNO2. The van der Waals surface area contributed by atoms with Gasteiger partial charge in [-0.3, -0.25) is 0 Å². The maximum absolute atomic E-state index is 11.1. The summed E-state index contributed by atoms with van der Waals surface area (Å²) in [4.78, 5) is 13.0. The summed E-state index contributed by atoms with van der Waals surface area (Å²) < 4.78 is 0.996. The van der Waals surface area contributed by atoms with Gasteiger partial charge in [0.25, 0.3) is 0 Å². The fourth-order valence-electron chi connectivity index (χ4n) is 1.74. The van der Waals surface area contributed by atoms with Gasteiger partial charge in [-0.05, 0) is 37.6 Å². The molecule has 0 spiro atoms. The van der Waals surface area contributed by atoms with Crippen LogP contribution in [0.2, 0.25) is 0 Å². The van der Waals surface area contributed by atoms with E-state index < -0.39 is 12.0 Å². The highest BCUT2D eigenvalue weighted by Gasteiger charge is 2.22. The van der Waals surface area contributed by atoms with Crippen molar-refractivity contribution in [3.05, 3.63) is 28.7 Å². The Kier molecular flexibility index (Phi) is 4.80. The number of likely N-dealkylation sites (N-methyl/N-ethyl adjacent to an activating group) is 1. The van der Waals surface area contributed by atoms with Gasteiger partial charge in [-0.15, -0.1) is 0 Å². The lowest BCUT2D eigenvalue weighted by molar-refractivity contribution is -0.138. The molecule has 1 N–H and O–H groups in total. The summed E-state index contributed by atoms with van der Waals surface area (Å²) in [5.41, 5.74) is 0.944. The van der Waals surface area contributed by atoms with Crippen molar-refractivity contribution in [1.82, 2.24) is 0 Å². The maximum Gasteiger partial charge on any atom is 0.326 e. The van der Waals surface area contributed by atoms with E-state index in [1.807, 2.05) is 43.0 Å². The van der Waals surface area contributed by atoms with Crippen LogP contribution in [0.5, 0.6) is 0 Å². The number of benzene rings is 1. The third-order valence-corrected chi connectivity index (χ3v) is 3.08. The number of halogens is 1. The highest BCUT2D eigenvalue weighted by Crippen LogP contribution is 2.21. The standard InChI is InChI=1S/C12H16BrNO2/c1-3-11(12(15)16)14(4-2)10-7-5-9(13)6-8-10/h5-8,11H,3-4H2,1-2H3,(H,15,16)/t11-/m0/s1. The Morgan fingerprint density at radius 3 is 2.31 bits per heavy atom. The van der Waals surface area contributed by atoms with Crippen LogP contribution in [0.1, 0.15) is 20.3 Å². The van der Waals surface area contributed by atoms with Crippen LogP contribution < -0.4 is 4.90 Å². The summed E-state index contributed by atoms with van der Waals surface area (Å²) in [5.74, 6) is -0.771. The van der Waals surface area contributed by atoms with Gasteiger partial charge in [-0.1, -0.05) is 22.9 Å². The molecule has 0 heterocycles. The van der Waals surface area contributed by atoms with E-state index in [4.69, 9.17) is 5.11 Å². The Hall–Kier alpha value is -1.03. The molecule has 1 aromatic carbocycles. The fraction of sp³-hybridized carbons (Fsp3) is 0.417. The lowest BCUT2D eigenvalue weighted by Crippen LogP contribution is -2.40. The Balaban J connectivity index is 2.96. The van der Waals surface area contributed by atoms with Crippen LogP contribution in [-0.2, 0) is 4.79 Å². The van der Waals surface area contributed by atoms with Crippen molar-refractivity contribution in [3.8, 4) is 0 Å². The molecule has 4 heteroatoms. The lowest BCUT2D eigenvalue weighted by atomic mass is 10.1. The number of aliphatic carboxylic acids is 1. The SMILES string of the molecule is CC[C@@H](C(=O)O)N(CC)c1ccc(Br)cc1. The summed E-state index contributed by atoms with van der Waals surface area (Å²) in [5, 5.41) is 9.14. The average Bonchev–Trinajstić information content (AvgIpc) is 2.26. The first-order valence-electron chi connectivity index (χ1n) is 5.35. The molecule has 0 bridgehead atoms. The van der Waals surface area contributed by atoms with Crippen LogP contribution in [0.25, 0.3) is 0 Å². The van der Waals surface area contributed by atoms with Crippen molar-refractivity contribution in [2.45, 2.75) is 26.3 Å². The van der Waals surface area contributed by atoms with Gasteiger partial charge in [0.1, 0.15) is 6.04 Å². The molecule has 0 aromatic heterocycles. The van der Waals surface area contributed by atoms with Gasteiger partial charge in [-0.2, -0.15) is 0 Å². The minimum atomic E-state index is -0.771. The Morgan fingerprint density at radius 2 is 1.94 bits per heavy atom. The van der Waals surface area contributed by atoms with Gasteiger partial charge in [-0.25, -0.2) is 4.79 Å². The third-order valence-electron chi connectivity index (χ3n) is 2.55. The second-order valence-electron chi connectivity index (χ2n) is 3.52. The molecule has 0 saturated heterocycles. The minimum absolute atomic E-state index is 0.453. The predicted molar refractivity (Wildman–Crippen MR) is 68.9 cm³/mol. The summed E-state index contributed by atoms with van der Waals surface area (Å²) in [6, 6.07) is 7.25. The maximum atomic E-state index is 11.1. The molecule has 0 aliphatic carbocycles. The quantitative estimate of drug-likeness (QED) is 0.904. The van der Waals surface area contributed by atoms with E-state index in [0.717, 1.165) is 10.2 Å². The predicted octanol–water partition coefficient (Wildman–Crippen LogP) is 3.14. The van der Waals surface area contributed by atoms with Crippen molar-refractivity contribution in [2.75, 3.05) is 11.4 Å². The normalized spacial score (nSPS) is 12.2. The highest BCUT2D eigenvalue weighted by molar-refractivity contribution is 9.10. The smallest absolute Gasteiger partial charge is 0.326 e. The zero-order valence-electron chi connectivity index (χ0n) is 9.48. The van der Waals surface area contributed by atoms with Crippen molar-refractivity contribution in [2.24, 2.45) is 0 Å². The van der Waals surface area contributed by atoms with Gasteiger partial charge < -0.3 is 10.0 Å². The Morgan fingerprint density at radius 1 is 1.38 bits per heavy atom. The molecule has 0 fully saturated rings. The molecule has 1 atom stereocenters. The van der Waals surface area contributed by atoms with Crippen LogP contribution in [0.15, 0.2) is 28.7 Å². The molecule has 0 aliphatic rings. The first-order valence-corrected chi connectivity index (χ1v) is 6.14. The topological polar surface area (TPSA) is 40.5 Å². The van der Waals surface area contributed by atoms with Crippen molar-refractivity contribution < 1.29 is 9.90 Å². The molecule has 88 valence electrons. The number of nitrogens with zero attached hydrogens (tertiary/aromatic N) is 1. The minimum Gasteiger partial charge on any atom is -0.480 e. The van der Waals surface area contributed by atoms with Crippen LogP contribution in [0.4, 0.5) is 5.69 Å². The van der Waals surface area contributed by atoms with E-state index in [2.05, 4.69) is 15.9 Å². The van der Waals surface area contributed by atoms with Gasteiger partial charge in [0.15, 0.2) is 0 Å². The highest BCUT2D eigenvalue weighted by atomic mass is 79.9. The van der Waals surface area contributed by atoms with Crippen molar-refractivity contribution in [3.63, 3.8) is 0 Å². The lowest BCUT2D eigenvalue weighted by Gasteiger charge is -2.29. The summed E-state index contributed by atoms with van der Waals surface area (Å²) in [6.45, 7) is 4.54. The van der Waals surface area contributed by atoms with Crippen molar-refractivity contribution in [1.29, 1.82) is 0 Å². The zero-order chi connectivity index (χ0) is 12.1. The summed E-state index contributed by atoms with van der Waals surface area (Å²) in [6.07, 6.45) is 0.596. The van der Waals surface area contributed by atoms with Gasteiger partial charge >= 0.3 is 5.97 Å². The molecule has 0 unspecified atom stereocenters. The largest absolute Gasteiger partial charge is 0.480 e. The molecule has 3 nitrogen and oxygen atoms in total. The van der Waals surface area contributed by atoms with Crippen LogP contribution in [-0.4, -0.2) is 23.7 Å². The van der Waals surface area contributed by atoms with E-state index in [1.54, 1.807) is 0 Å². The Labute approximate surface area is 104 Å². The number of carboxylic acids is 1. The van der Waals surface area contributed by atoms with Crippen LogP contribution in [0, 0.1) is 0 Å². The van der Waals surface area contributed by atoms with Crippen molar-refractivity contribution >= 4 is 27.6 Å². The number of carbonyl (C=O) groups is 1. The molecule has 0 radical (unpaired) electrons. The van der Waals surface area contributed by atoms with Crippen LogP contribution in [0.3, 0.4) is 0 Å². The van der Waals surface area contributed by atoms with Gasteiger partial charge in [0, 0.05) is 16.7 Å². The van der Waals surface area contributed by atoms with Gasteiger partial charge in [0.2, 0.25) is 0 Å². The number of hydrogen-bond donors (Lipinski definition) is 1. The van der Waals surface area contributed by atoms with E-state index >= 15 is 0 Å². The van der Waals surface area contributed by atoms with Crippen LogP contribution >= 0.6 is 15.9 Å². The fourth-order valence-corrected chi connectivity index (χ4v) is 2.01. The molecule has 0 aliphatic heterocycles. The van der Waals surface area contributed by atoms with E-state index in [-0.39, 0.29) is 0 Å². The molecule has 1 aromatic rings. The molecular weight excluding hydrogens is 270 g/mol. The van der Waals surface area contributed by atoms with E-state index in [9.17, 15) is 4.79 Å². The number of carboxylic acid groups (broad SMARTS) is 1. The molecule has 0 amide bonds. The number of hydrogen-bond acceptors (Lipinski definition) is 2. The number of rotatable bonds is 5. The second kappa shape index (κ2) is 5.89. The second-order valence-corrected chi connectivity index (χ2v) is 4.44. The first-order chi connectivity index (χ1) is 7.60. The first kappa shape index (κ1) is 13.0. The molecule has 0 saturated carbocycles.